The van der Waals surface area contributed by atoms with Crippen LogP contribution in [0, 0.1) is 6.92 Å². The van der Waals surface area contributed by atoms with E-state index in [1.54, 1.807) is 23.1 Å². The lowest BCUT2D eigenvalue weighted by atomic mass is 10.2. The highest BCUT2D eigenvalue weighted by molar-refractivity contribution is 9.10. The molecule has 17 heavy (non-hydrogen) atoms. The van der Waals surface area contributed by atoms with Crippen molar-refractivity contribution in [2.75, 3.05) is 5.75 Å². The van der Waals surface area contributed by atoms with Crippen molar-refractivity contribution in [2.45, 2.75) is 17.9 Å². The van der Waals surface area contributed by atoms with E-state index in [9.17, 15) is 0 Å². The number of benzene rings is 1. The van der Waals surface area contributed by atoms with Crippen LogP contribution in [-0.4, -0.2) is 5.75 Å². The average molecular weight is 328 g/mol. The van der Waals surface area contributed by atoms with Crippen LogP contribution >= 0.6 is 39.0 Å². The molecule has 1 aromatic carbocycles. The number of aryl methyl sites for hydroxylation is 1. The van der Waals surface area contributed by atoms with Gasteiger partial charge in [0.2, 0.25) is 0 Å². The van der Waals surface area contributed by atoms with Gasteiger partial charge in [-0.25, -0.2) is 0 Å². The molecule has 0 aliphatic carbocycles. The van der Waals surface area contributed by atoms with Gasteiger partial charge in [-0.2, -0.15) is 0 Å². The predicted molar refractivity (Wildman–Crippen MR) is 80.9 cm³/mol. The average Bonchev–Trinajstić information content (AvgIpc) is 2.74. The van der Waals surface area contributed by atoms with E-state index in [1.807, 2.05) is 0 Å². The Bertz CT molecular complexity index is 478. The zero-order valence-corrected chi connectivity index (χ0v) is 12.7. The van der Waals surface area contributed by atoms with E-state index in [2.05, 4.69) is 58.6 Å². The molecule has 0 saturated carbocycles. The highest BCUT2D eigenvalue weighted by Crippen LogP contribution is 2.28. The number of hydrogen-bond donors (Lipinski definition) is 1. The predicted octanol–water partition coefficient (Wildman–Crippen LogP) is 4.61. The summed E-state index contributed by atoms with van der Waals surface area (Å²) in [6, 6.07) is 10.6. The highest BCUT2D eigenvalue weighted by atomic mass is 79.9. The van der Waals surface area contributed by atoms with Gasteiger partial charge >= 0.3 is 0 Å². The maximum Gasteiger partial charge on any atom is 0.0487 e. The second-order valence-corrected chi connectivity index (χ2v) is 6.80. The smallest absolute Gasteiger partial charge is 0.0487 e. The van der Waals surface area contributed by atoms with Crippen LogP contribution in [0.25, 0.3) is 0 Å². The zero-order valence-electron chi connectivity index (χ0n) is 9.52. The van der Waals surface area contributed by atoms with Gasteiger partial charge in [0, 0.05) is 26.0 Å². The van der Waals surface area contributed by atoms with Crippen molar-refractivity contribution in [3.8, 4) is 0 Å². The Balaban J connectivity index is 1.94. The van der Waals surface area contributed by atoms with Crippen molar-refractivity contribution in [3.05, 3.63) is 50.6 Å². The lowest BCUT2D eigenvalue weighted by Crippen LogP contribution is -2.12. The van der Waals surface area contributed by atoms with E-state index in [-0.39, 0.29) is 6.04 Å². The van der Waals surface area contributed by atoms with Gasteiger partial charge in [-0.1, -0.05) is 15.9 Å². The molecular weight excluding hydrogens is 314 g/mol. The molecule has 1 atom stereocenters. The van der Waals surface area contributed by atoms with Crippen LogP contribution in [0.4, 0.5) is 0 Å². The third-order valence-electron chi connectivity index (χ3n) is 2.48. The summed E-state index contributed by atoms with van der Waals surface area (Å²) in [5, 5.41) is 2.11. The molecule has 2 rings (SSSR count). The third-order valence-corrected chi connectivity index (χ3v) is 5.29. The van der Waals surface area contributed by atoms with E-state index in [0.29, 0.717) is 0 Å². The van der Waals surface area contributed by atoms with Crippen LogP contribution in [0.1, 0.15) is 16.5 Å². The summed E-state index contributed by atoms with van der Waals surface area (Å²) in [7, 11) is 0. The molecule has 0 fully saturated rings. The molecule has 0 aliphatic rings. The standard InChI is InChI=1S/C13H14BrNS2/c1-9-6-7-16-13(9)12(15)8-17-11-4-2-10(14)3-5-11/h2-7,12H,8,15H2,1H3. The van der Waals surface area contributed by atoms with Gasteiger partial charge in [-0.3, -0.25) is 0 Å². The Morgan fingerprint density at radius 2 is 2.00 bits per heavy atom. The Kier molecular flexibility index (Phi) is 4.68. The molecule has 0 bridgehead atoms. The molecule has 1 heterocycles. The van der Waals surface area contributed by atoms with Crippen LogP contribution in [-0.2, 0) is 0 Å². The van der Waals surface area contributed by atoms with E-state index in [0.717, 1.165) is 10.2 Å². The van der Waals surface area contributed by atoms with Gasteiger partial charge in [-0.15, -0.1) is 23.1 Å². The second-order valence-electron chi connectivity index (χ2n) is 3.84. The fourth-order valence-electron chi connectivity index (χ4n) is 1.56. The van der Waals surface area contributed by atoms with Gasteiger partial charge in [0.25, 0.3) is 0 Å². The number of hydrogen-bond acceptors (Lipinski definition) is 3. The van der Waals surface area contributed by atoms with Crippen molar-refractivity contribution >= 4 is 39.0 Å². The second kappa shape index (κ2) is 6.05. The van der Waals surface area contributed by atoms with Gasteiger partial charge in [0.05, 0.1) is 0 Å². The fraction of sp³-hybridized carbons (Fsp3) is 0.231. The van der Waals surface area contributed by atoms with E-state index < -0.39 is 0 Å². The first-order valence-electron chi connectivity index (χ1n) is 5.35. The molecule has 1 unspecified atom stereocenters. The molecule has 4 heteroatoms. The van der Waals surface area contributed by atoms with E-state index >= 15 is 0 Å². The number of thioether (sulfide) groups is 1. The van der Waals surface area contributed by atoms with Gasteiger partial charge in [-0.05, 0) is 48.2 Å². The molecule has 0 amide bonds. The number of nitrogens with two attached hydrogens (primary N) is 1. The van der Waals surface area contributed by atoms with Crippen molar-refractivity contribution in [1.82, 2.24) is 0 Å². The topological polar surface area (TPSA) is 26.0 Å². The number of thiophene rings is 1. The summed E-state index contributed by atoms with van der Waals surface area (Å²) >= 11 is 6.99. The van der Waals surface area contributed by atoms with Crippen LogP contribution < -0.4 is 5.73 Å². The van der Waals surface area contributed by atoms with Gasteiger partial charge < -0.3 is 5.73 Å². The van der Waals surface area contributed by atoms with Crippen LogP contribution in [0.3, 0.4) is 0 Å². The molecule has 2 N–H and O–H groups in total. The van der Waals surface area contributed by atoms with Crippen LogP contribution in [0.5, 0.6) is 0 Å². The molecule has 0 saturated heterocycles. The summed E-state index contributed by atoms with van der Waals surface area (Å²) in [5.41, 5.74) is 7.50. The first kappa shape index (κ1) is 13.1. The van der Waals surface area contributed by atoms with Crippen molar-refractivity contribution in [1.29, 1.82) is 0 Å². The molecule has 0 spiro atoms. The summed E-state index contributed by atoms with van der Waals surface area (Å²) in [4.78, 5) is 2.56. The molecule has 1 aromatic heterocycles. The van der Waals surface area contributed by atoms with Crippen LogP contribution in [0.2, 0.25) is 0 Å². The highest BCUT2D eigenvalue weighted by Gasteiger charge is 2.10. The van der Waals surface area contributed by atoms with E-state index in [1.165, 1.54) is 15.3 Å². The lowest BCUT2D eigenvalue weighted by Gasteiger charge is -2.10. The minimum atomic E-state index is 0.128. The fourth-order valence-corrected chi connectivity index (χ4v) is 3.72. The Labute approximate surface area is 119 Å². The monoisotopic (exact) mass is 327 g/mol. The quantitative estimate of drug-likeness (QED) is 0.830. The van der Waals surface area contributed by atoms with Crippen molar-refractivity contribution in [3.63, 3.8) is 0 Å². The first-order valence-corrected chi connectivity index (χ1v) is 8.00. The first-order chi connectivity index (χ1) is 8.16. The van der Waals surface area contributed by atoms with Gasteiger partial charge in [0.15, 0.2) is 0 Å². The summed E-state index contributed by atoms with van der Waals surface area (Å²) in [5.74, 6) is 0.920. The SMILES string of the molecule is Cc1ccsc1C(N)CSc1ccc(Br)cc1. The molecule has 90 valence electrons. The lowest BCUT2D eigenvalue weighted by molar-refractivity contribution is 0.844. The Morgan fingerprint density at radius 1 is 1.29 bits per heavy atom. The summed E-state index contributed by atoms with van der Waals surface area (Å²) in [6.45, 7) is 2.12. The van der Waals surface area contributed by atoms with E-state index in [4.69, 9.17) is 5.73 Å². The Morgan fingerprint density at radius 3 is 2.59 bits per heavy atom. The zero-order chi connectivity index (χ0) is 12.3. The molecular formula is C13H14BrNS2. The largest absolute Gasteiger partial charge is 0.323 e. The molecule has 2 aromatic rings. The van der Waals surface area contributed by atoms with Gasteiger partial charge in [0.1, 0.15) is 0 Å². The summed E-state index contributed by atoms with van der Waals surface area (Å²) in [6.07, 6.45) is 0. The Hall–Kier alpha value is -0.290. The molecule has 1 nitrogen and oxygen atoms in total. The normalized spacial score (nSPS) is 12.6. The van der Waals surface area contributed by atoms with Crippen molar-refractivity contribution < 1.29 is 0 Å². The maximum absolute atomic E-state index is 6.20. The summed E-state index contributed by atoms with van der Waals surface area (Å²) < 4.78 is 1.11. The number of rotatable bonds is 4. The van der Waals surface area contributed by atoms with Crippen LogP contribution in [0.15, 0.2) is 45.1 Å². The number of halogens is 1. The molecule has 0 radical (unpaired) electrons. The maximum atomic E-state index is 6.20. The minimum absolute atomic E-state index is 0.128. The minimum Gasteiger partial charge on any atom is -0.323 e. The molecule has 0 aliphatic heterocycles. The van der Waals surface area contributed by atoms with Crippen molar-refractivity contribution in [2.24, 2.45) is 5.73 Å². The third kappa shape index (κ3) is 3.58.